The van der Waals surface area contributed by atoms with Gasteiger partial charge in [-0.3, -0.25) is 4.79 Å². The van der Waals surface area contributed by atoms with Crippen LogP contribution in [0.3, 0.4) is 0 Å². The molecule has 3 aromatic carbocycles. The number of hydrogen-bond acceptors (Lipinski definition) is 4. The number of alkyl carbamates (subject to hydrolysis) is 1. The molecule has 0 aliphatic carbocycles. The molecule has 1 heterocycles. The number of carbonyl (C=O) groups excluding carboxylic acids is 2. The van der Waals surface area contributed by atoms with Crippen molar-refractivity contribution in [3.05, 3.63) is 95.3 Å². The quantitative estimate of drug-likeness (QED) is 0.238. The van der Waals surface area contributed by atoms with Gasteiger partial charge in [-0.2, -0.15) is 0 Å². The Morgan fingerprint density at radius 2 is 1.81 bits per heavy atom. The Balaban J connectivity index is 1.60. The fraction of sp³-hybridized carbons (Fsp3) is 0.429. The van der Waals surface area contributed by atoms with E-state index in [0.29, 0.717) is 56.4 Å². The molecule has 2 N–H and O–H groups in total. The van der Waals surface area contributed by atoms with Crippen LogP contribution in [0.15, 0.2) is 72.8 Å². The number of nitrogens with zero attached hydrogens (tertiary/aromatic N) is 1. The van der Waals surface area contributed by atoms with Crippen molar-refractivity contribution < 1.29 is 23.8 Å². The smallest absolute Gasteiger partial charge is 0.406 e. The number of benzene rings is 3. The first-order chi connectivity index (χ1) is 20.4. The monoisotopic (exact) mass is 574 g/mol. The Morgan fingerprint density at radius 3 is 2.57 bits per heavy atom. The molecule has 3 aromatic rings. The number of rotatable bonds is 12. The number of ether oxygens (including phenoxy) is 1. The summed E-state index contributed by atoms with van der Waals surface area (Å²) < 4.78 is 20.3. The van der Waals surface area contributed by atoms with E-state index in [1.54, 1.807) is 6.07 Å². The van der Waals surface area contributed by atoms with Gasteiger partial charge < -0.3 is 20.1 Å². The summed E-state index contributed by atoms with van der Waals surface area (Å²) in [5, 5.41) is 15.3. The zero-order valence-corrected chi connectivity index (χ0v) is 24.8. The molecule has 1 saturated heterocycles. The highest BCUT2D eigenvalue weighted by atomic mass is 19.1. The van der Waals surface area contributed by atoms with Gasteiger partial charge in [0, 0.05) is 37.5 Å². The van der Waals surface area contributed by atoms with Crippen molar-refractivity contribution in [2.45, 2.75) is 63.9 Å². The van der Waals surface area contributed by atoms with Gasteiger partial charge in [-0.05, 0) is 73.3 Å². The van der Waals surface area contributed by atoms with Gasteiger partial charge in [0.25, 0.3) is 0 Å². The molecule has 0 aromatic heterocycles. The van der Waals surface area contributed by atoms with E-state index in [1.807, 2.05) is 53.4 Å². The SMILES string of the molecule is CCc1cccc(-c2c(F)cccc2[C@](O)(CCCNC(=O)OC)[C@@H]2CCCN(C(=O)CCCc3ccccc3)C2)c1. The summed E-state index contributed by atoms with van der Waals surface area (Å²) >= 11 is 0. The minimum atomic E-state index is -1.42. The molecule has 0 radical (unpaired) electrons. The van der Waals surface area contributed by atoms with Crippen molar-refractivity contribution in [3.63, 3.8) is 0 Å². The maximum Gasteiger partial charge on any atom is 0.406 e. The van der Waals surface area contributed by atoms with Crippen molar-refractivity contribution in [1.82, 2.24) is 10.2 Å². The fourth-order valence-electron chi connectivity index (χ4n) is 6.14. The molecule has 1 fully saturated rings. The lowest BCUT2D eigenvalue weighted by Gasteiger charge is -2.43. The lowest BCUT2D eigenvalue weighted by Crippen LogP contribution is -2.48. The van der Waals surface area contributed by atoms with Gasteiger partial charge in [0.15, 0.2) is 0 Å². The first-order valence-electron chi connectivity index (χ1n) is 15.1. The zero-order chi connectivity index (χ0) is 30.0. The highest BCUT2D eigenvalue weighted by Crippen LogP contribution is 2.44. The number of hydrogen-bond donors (Lipinski definition) is 2. The van der Waals surface area contributed by atoms with Gasteiger partial charge in [0.05, 0.1) is 12.7 Å². The summed E-state index contributed by atoms with van der Waals surface area (Å²) in [5.41, 5.74) is 2.51. The fourth-order valence-corrected chi connectivity index (χ4v) is 6.14. The summed E-state index contributed by atoms with van der Waals surface area (Å²) in [6, 6.07) is 22.8. The number of aryl methyl sites for hydroxylation is 2. The van der Waals surface area contributed by atoms with Crippen LogP contribution in [0.4, 0.5) is 9.18 Å². The molecule has 6 nitrogen and oxygen atoms in total. The molecule has 0 bridgehead atoms. The van der Waals surface area contributed by atoms with Crippen LogP contribution in [-0.4, -0.2) is 48.8 Å². The van der Waals surface area contributed by atoms with Crippen molar-refractivity contribution in [1.29, 1.82) is 0 Å². The van der Waals surface area contributed by atoms with E-state index in [0.717, 1.165) is 36.8 Å². The first kappa shape index (κ1) is 31.2. The summed E-state index contributed by atoms with van der Waals surface area (Å²) in [6.07, 6.45) is 4.53. The Morgan fingerprint density at radius 1 is 1.05 bits per heavy atom. The second-order valence-corrected chi connectivity index (χ2v) is 11.2. The van der Waals surface area contributed by atoms with Crippen molar-refractivity contribution >= 4 is 12.0 Å². The lowest BCUT2D eigenvalue weighted by atomic mass is 9.72. The Labute approximate surface area is 248 Å². The van der Waals surface area contributed by atoms with Gasteiger partial charge >= 0.3 is 6.09 Å². The third kappa shape index (κ3) is 7.77. The molecule has 0 spiro atoms. The molecule has 0 unspecified atom stereocenters. The second-order valence-electron chi connectivity index (χ2n) is 11.2. The molecular weight excluding hydrogens is 531 g/mol. The van der Waals surface area contributed by atoms with E-state index in [4.69, 9.17) is 4.74 Å². The Hall–Kier alpha value is -3.71. The number of likely N-dealkylation sites (tertiary alicyclic amines) is 1. The van der Waals surface area contributed by atoms with Gasteiger partial charge in [-0.1, -0.05) is 73.7 Å². The number of aliphatic hydroxyl groups is 1. The lowest BCUT2D eigenvalue weighted by molar-refractivity contribution is -0.136. The maximum absolute atomic E-state index is 15.6. The van der Waals surface area contributed by atoms with Crippen LogP contribution >= 0.6 is 0 Å². The van der Waals surface area contributed by atoms with E-state index in [9.17, 15) is 14.7 Å². The molecular formula is C35H43FN2O4. The van der Waals surface area contributed by atoms with E-state index < -0.39 is 17.5 Å². The number of methoxy groups -OCH3 is 1. The molecule has 42 heavy (non-hydrogen) atoms. The van der Waals surface area contributed by atoms with E-state index in [-0.39, 0.29) is 11.8 Å². The van der Waals surface area contributed by atoms with Crippen LogP contribution in [0.2, 0.25) is 0 Å². The van der Waals surface area contributed by atoms with Crippen molar-refractivity contribution in [2.75, 3.05) is 26.7 Å². The number of piperidine rings is 1. The first-order valence-corrected chi connectivity index (χ1v) is 15.1. The number of amides is 2. The number of nitrogens with one attached hydrogen (secondary N) is 1. The van der Waals surface area contributed by atoms with E-state index in [2.05, 4.69) is 24.4 Å². The highest BCUT2D eigenvalue weighted by molar-refractivity contribution is 5.76. The van der Waals surface area contributed by atoms with Crippen LogP contribution in [0.25, 0.3) is 11.1 Å². The average Bonchev–Trinajstić information content (AvgIpc) is 3.03. The highest BCUT2D eigenvalue weighted by Gasteiger charge is 2.43. The third-order valence-electron chi connectivity index (χ3n) is 8.44. The van der Waals surface area contributed by atoms with Gasteiger partial charge in [0.2, 0.25) is 5.91 Å². The van der Waals surface area contributed by atoms with Gasteiger partial charge in [-0.15, -0.1) is 0 Å². The predicted molar refractivity (Wildman–Crippen MR) is 163 cm³/mol. The summed E-state index contributed by atoms with van der Waals surface area (Å²) in [6.45, 7) is 3.41. The molecule has 4 rings (SSSR count). The minimum absolute atomic E-state index is 0.0838. The predicted octanol–water partition coefficient (Wildman–Crippen LogP) is 6.64. The molecule has 2 atom stereocenters. The van der Waals surface area contributed by atoms with Crippen LogP contribution < -0.4 is 5.32 Å². The molecule has 1 aliphatic heterocycles. The summed E-state index contributed by atoms with van der Waals surface area (Å²) in [4.78, 5) is 26.8. The van der Waals surface area contributed by atoms with Gasteiger partial charge in [-0.25, -0.2) is 9.18 Å². The van der Waals surface area contributed by atoms with Crippen LogP contribution in [0.5, 0.6) is 0 Å². The van der Waals surface area contributed by atoms with Crippen LogP contribution in [-0.2, 0) is 28.0 Å². The summed E-state index contributed by atoms with van der Waals surface area (Å²) in [5.74, 6) is -0.602. The largest absolute Gasteiger partial charge is 0.453 e. The van der Waals surface area contributed by atoms with Crippen LogP contribution in [0.1, 0.15) is 62.1 Å². The zero-order valence-electron chi connectivity index (χ0n) is 24.8. The molecule has 224 valence electrons. The molecule has 7 heteroatoms. The Bertz CT molecular complexity index is 1330. The third-order valence-corrected chi connectivity index (χ3v) is 8.44. The molecule has 0 saturated carbocycles. The van der Waals surface area contributed by atoms with E-state index >= 15 is 4.39 Å². The average molecular weight is 575 g/mol. The topological polar surface area (TPSA) is 78.9 Å². The van der Waals surface area contributed by atoms with Crippen molar-refractivity contribution in [3.8, 4) is 11.1 Å². The molecule has 2 amide bonds. The standard InChI is InChI=1S/C35H43FN2O4/c1-3-26-14-7-16-28(24-26)33-30(18-9-19-31(33)36)35(41,21-11-22-37-34(40)42-2)29-17-10-23-38(25-29)32(39)20-8-15-27-12-5-4-6-13-27/h4-7,9,12-14,16,18-19,24,29,41H,3,8,10-11,15,17,20-23,25H2,1-2H3,(H,37,40)/t29-,35+/m1/s1. The van der Waals surface area contributed by atoms with Crippen LogP contribution in [0, 0.1) is 11.7 Å². The second kappa shape index (κ2) is 15.0. The summed E-state index contributed by atoms with van der Waals surface area (Å²) in [7, 11) is 1.31. The van der Waals surface area contributed by atoms with Gasteiger partial charge in [0.1, 0.15) is 5.82 Å². The minimum Gasteiger partial charge on any atom is -0.453 e. The normalized spacial score (nSPS) is 16.5. The van der Waals surface area contributed by atoms with E-state index in [1.165, 1.54) is 18.7 Å². The Kier molecular flexibility index (Phi) is 11.1. The molecule has 1 aliphatic rings. The van der Waals surface area contributed by atoms with Crippen molar-refractivity contribution in [2.24, 2.45) is 5.92 Å². The maximum atomic E-state index is 15.6. The number of carbonyl (C=O) groups is 2. The number of halogens is 1.